The quantitative estimate of drug-likeness (QED) is 0.508. The minimum atomic E-state index is -0.389. The molecule has 0 saturated heterocycles. The van der Waals surface area contributed by atoms with Crippen LogP contribution in [0.2, 0.25) is 0 Å². The number of carbonyl (C=O) groups is 1. The average molecular weight is 359 g/mol. The lowest BCUT2D eigenvalue weighted by Crippen LogP contribution is -2.35. The molecule has 3 aromatic carbocycles. The van der Waals surface area contributed by atoms with Gasteiger partial charge >= 0.3 is 0 Å². The van der Waals surface area contributed by atoms with E-state index in [0.29, 0.717) is 0 Å². The van der Waals surface area contributed by atoms with Crippen LogP contribution in [0, 0.1) is 13.8 Å². The highest BCUT2D eigenvalue weighted by molar-refractivity contribution is 6.02. The molecule has 27 heavy (non-hydrogen) atoms. The lowest BCUT2D eigenvalue weighted by Gasteiger charge is -2.16. The Hall–Kier alpha value is -3.14. The summed E-state index contributed by atoms with van der Waals surface area (Å²) in [6.45, 7) is 7.81. The van der Waals surface area contributed by atoms with Crippen molar-refractivity contribution in [2.75, 3.05) is 5.32 Å². The van der Waals surface area contributed by atoms with Gasteiger partial charge in [0.2, 0.25) is 0 Å². The average Bonchev–Trinajstić information content (AvgIpc) is 2.67. The Labute approximate surface area is 160 Å². The first-order valence-corrected chi connectivity index (χ1v) is 9.11. The Morgan fingerprint density at radius 2 is 1.70 bits per heavy atom. The van der Waals surface area contributed by atoms with Crippen molar-refractivity contribution < 1.29 is 4.79 Å². The topological polar surface area (TPSA) is 53.5 Å². The van der Waals surface area contributed by atoms with Crippen molar-refractivity contribution in [1.29, 1.82) is 0 Å². The molecule has 138 valence electrons. The molecule has 4 heteroatoms. The largest absolute Gasteiger partial charge is 0.374 e. The van der Waals surface area contributed by atoms with Gasteiger partial charge in [0.1, 0.15) is 6.04 Å². The Bertz CT molecular complexity index is 1010. The molecular formula is C23H25N3O. The van der Waals surface area contributed by atoms with E-state index in [4.69, 9.17) is 0 Å². The lowest BCUT2D eigenvalue weighted by molar-refractivity contribution is -0.121. The first-order chi connectivity index (χ1) is 12.9. The van der Waals surface area contributed by atoms with E-state index < -0.39 is 0 Å². The summed E-state index contributed by atoms with van der Waals surface area (Å²) in [5, 5.41) is 9.86. The second-order valence-corrected chi connectivity index (χ2v) is 6.92. The van der Waals surface area contributed by atoms with E-state index in [2.05, 4.69) is 53.1 Å². The molecule has 1 amide bonds. The highest BCUT2D eigenvalue weighted by atomic mass is 16.2. The monoisotopic (exact) mass is 359 g/mol. The molecule has 2 N–H and O–H groups in total. The SMILES string of the molecule is CC(=NNC(=O)[C@@H](C)Nc1ccc(C)cc1C)c1ccc2ccccc2c1. The number of nitrogens with zero attached hydrogens (tertiary/aromatic N) is 1. The molecule has 4 nitrogen and oxygen atoms in total. The molecule has 0 aliphatic carbocycles. The maximum absolute atomic E-state index is 12.4. The highest BCUT2D eigenvalue weighted by Crippen LogP contribution is 2.17. The summed E-state index contributed by atoms with van der Waals surface area (Å²) in [4.78, 5) is 12.4. The number of hydrazone groups is 1. The second kappa shape index (κ2) is 8.04. The van der Waals surface area contributed by atoms with Gasteiger partial charge < -0.3 is 5.32 Å². The number of amides is 1. The molecule has 0 radical (unpaired) electrons. The summed E-state index contributed by atoms with van der Waals surface area (Å²) < 4.78 is 0. The first kappa shape index (κ1) is 18.6. The van der Waals surface area contributed by atoms with Gasteiger partial charge in [-0.05, 0) is 61.7 Å². The van der Waals surface area contributed by atoms with Gasteiger partial charge in [-0.3, -0.25) is 4.79 Å². The van der Waals surface area contributed by atoms with Crippen LogP contribution in [0.5, 0.6) is 0 Å². The minimum absolute atomic E-state index is 0.171. The van der Waals surface area contributed by atoms with Crippen molar-refractivity contribution in [1.82, 2.24) is 5.43 Å². The van der Waals surface area contributed by atoms with Crippen LogP contribution in [-0.4, -0.2) is 17.7 Å². The third-order valence-corrected chi connectivity index (χ3v) is 4.65. The fraction of sp³-hybridized carbons (Fsp3) is 0.217. The summed E-state index contributed by atoms with van der Waals surface area (Å²) in [6.07, 6.45) is 0. The summed E-state index contributed by atoms with van der Waals surface area (Å²) >= 11 is 0. The Morgan fingerprint density at radius 3 is 2.44 bits per heavy atom. The molecular weight excluding hydrogens is 334 g/mol. The van der Waals surface area contributed by atoms with Gasteiger partial charge in [0, 0.05) is 5.69 Å². The van der Waals surface area contributed by atoms with Gasteiger partial charge in [-0.1, -0.05) is 54.1 Å². The number of benzene rings is 3. The number of rotatable bonds is 5. The Morgan fingerprint density at radius 1 is 0.963 bits per heavy atom. The molecule has 0 aliphatic heterocycles. The van der Waals surface area contributed by atoms with Gasteiger partial charge in [-0.25, -0.2) is 5.43 Å². The molecule has 0 aromatic heterocycles. The van der Waals surface area contributed by atoms with Crippen LogP contribution in [0.25, 0.3) is 10.8 Å². The van der Waals surface area contributed by atoms with Crippen LogP contribution in [0.3, 0.4) is 0 Å². The zero-order valence-corrected chi connectivity index (χ0v) is 16.2. The standard InChI is InChI=1S/C23H25N3O/c1-15-9-12-22(16(2)13-15)24-18(4)23(27)26-25-17(3)20-11-10-19-7-5-6-8-21(19)14-20/h5-14,18,24H,1-4H3,(H,26,27)/t18-/m1/s1. The van der Waals surface area contributed by atoms with Gasteiger partial charge in [0.05, 0.1) is 5.71 Å². The molecule has 1 atom stereocenters. The molecule has 0 aliphatic rings. The number of aryl methyl sites for hydroxylation is 2. The van der Waals surface area contributed by atoms with E-state index in [9.17, 15) is 4.79 Å². The van der Waals surface area contributed by atoms with Gasteiger partial charge in [-0.15, -0.1) is 0 Å². The number of anilines is 1. The van der Waals surface area contributed by atoms with E-state index in [1.54, 1.807) is 0 Å². The van der Waals surface area contributed by atoms with Crippen LogP contribution in [0.1, 0.15) is 30.5 Å². The highest BCUT2D eigenvalue weighted by Gasteiger charge is 2.13. The Kier molecular flexibility index (Phi) is 5.55. The van der Waals surface area contributed by atoms with Crippen molar-refractivity contribution in [3.63, 3.8) is 0 Å². The first-order valence-electron chi connectivity index (χ1n) is 9.11. The third-order valence-electron chi connectivity index (χ3n) is 4.65. The van der Waals surface area contributed by atoms with Crippen LogP contribution in [0.4, 0.5) is 5.69 Å². The van der Waals surface area contributed by atoms with Crippen molar-refractivity contribution in [3.05, 3.63) is 77.4 Å². The third kappa shape index (κ3) is 4.53. The molecule has 0 heterocycles. The van der Waals surface area contributed by atoms with Gasteiger partial charge in [-0.2, -0.15) is 5.10 Å². The second-order valence-electron chi connectivity index (χ2n) is 6.92. The zero-order valence-electron chi connectivity index (χ0n) is 16.2. The van der Waals surface area contributed by atoms with E-state index in [1.807, 2.05) is 51.1 Å². The fourth-order valence-electron chi connectivity index (χ4n) is 2.99. The number of fused-ring (bicyclic) bond motifs is 1. The van der Waals surface area contributed by atoms with Gasteiger partial charge in [0.25, 0.3) is 5.91 Å². The molecule has 0 saturated carbocycles. The number of hydrogen-bond acceptors (Lipinski definition) is 3. The fourth-order valence-corrected chi connectivity index (χ4v) is 2.99. The van der Waals surface area contributed by atoms with Crippen LogP contribution in [-0.2, 0) is 4.79 Å². The van der Waals surface area contributed by atoms with Crippen LogP contribution >= 0.6 is 0 Å². The minimum Gasteiger partial charge on any atom is -0.374 e. The summed E-state index contributed by atoms with van der Waals surface area (Å²) in [5.41, 5.74) is 7.70. The molecule has 0 fully saturated rings. The smallest absolute Gasteiger partial charge is 0.262 e. The molecule has 0 unspecified atom stereocenters. The lowest BCUT2D eigenvalue weighted by atomic mass is 10.0. The van der Waals surface area contributed by atoms with E-state index >= 15 is 0 Å². The number of hydrogen-bond donors (Lipinski definition) is 2. The summed E-state index contributed by atoms with van der Waals surface area (Å²) in [5.74, 6) is -0.171. The maximum atomic E-state index is 12.4. The van der Waals surface area contributed by atoms with E-state index in [-0.39, 0.29) is 11.9 Å². The van der Waals surface area contributed by atoms with Crippen molar-refractivity contribution in [2.45, 2.75) is 33.7 Å². The molecule has 0 bridgehead atoms. The van der Waals surface area contributed by atoms with Crippen LogP contribution in [0.15, 0.2) is 65.8 Å². The van der Waals surface area contributed by atoms with E-state index in [1.165, 1.54) is 10.9 Å². The number of nitrogens with one attached hydrogen (secondary N) is 2. The van der Waals surface area contributed by atoms with Crippen molar-refractivity contribution >= 4 is 28.1 Å². The van der Waals surface area contributed by atoms with Crippen molar-refractivity contribution in [2.24, 2.45) is 5.10 Å². The van der Waals surface area contributed by atoms with Crippen LogP contribution < -0.4 is 10.7 Å². The zero-order chi connectivity index (χ0) is 19.4. The predicted octanol–water partition coefficient (Wildman–Crippen LogP) is 4.80. The number of carbonyl (C=O) groups excluding carboxylic acids is 1. The predicted molar refractivity (Wildman–Crippen MR) is 113 cm³/mol. The van der Waals surface area contributed by atoms with Gasteiger partial charge in [0.15, 0.2) is 0 Å². The Balaban J connectivity index is 1.67. The molecule has 3 rings (SSSR count). The maximum Gasteiger partial charge on any atom is 0.262 e. The molecule has 3 aromatic rings. The molecule has 0 spiro atoms. The summed E-state index contributed by atoms with van der Waals surface area (Å²) in [7, 11) is 0. The summed E-state index contributed by atoms with van der Waals surface area (Å²) in [6, 6.07) is 20.1. The van der Waals surface area contributed by atoms with E-state index in [0.717, 1.165) is 27.9 Å². The normalized spacial score (nSPS) is 12.7. The van der Waals surface area contributed by atoms with Crippen molar-refractivity contribution in [3.8, 4) is 0 Å².